The Hall–Kier alpha value is -2.22. The van der Waals surface area contributed by atoms with Gasteiger partial charge >= 0.3 is 0 Å². The second-order valence-corrected chi connectivity index (χ2v) is 8.84. The summed E-state index contributed by atoms with van der Waals surface area (Å²) in [6.45, 7) is 1.86. The van der Waals surface area contributed by atoms with Crippen molar-refractivity contribution in [3.05, 3.63) is 17.7 Å². The molecule has 1 heterocycles. The van der Waals surface area contributed by atoms with Crippen LogP contribution in [0, 0.1) is 18.8 Å². The minimum atomic E-state index is -0.810. The quantitative estimate of drug-likeness (QED) is 0.632. The number of hydrogen-bond acceptors (Lipinski definition) is 6. The molecule has 2 aliphatic rings. The van der Waals surface area contributed by atoms with E-state index in [-0.39, 0.29) is 29.6 Å². The molecule has 2 fully saturated rings. The summed E-state index contributed by atoms with van der Waals surface area (Å²) in [4.78, 5) is 40.6. The van der Waals surface area contributed by atoms with Crippen molar-refractivity contribution in [3.63, 3.8) is 0 Å². The van der Waals surface area contributed by atoms with Crippen LogP contribution in [-0.2, 0) is 14.4 Å². The number of fused-ring (bicyclic) bond motifs is 1. The Morgan fingerprint density at radius 1 is 1.13 bits per heavy atom. The highest BCUT2D eigenvalue weighted by Gasteiger charge is 2.51. The summed E-state index contributed by atoms with van der Waals surface area (Å²) in [7, 11) is 3.08. The van der Waals surface area contributed by atoms with Crippen molar-refractivity contribution < 1.29 is 23.9 Å². The van der Waals surface area contributed by atoms with Crippen LogP contribution >= 0.6 is 11.8 Å². The Bertz CT molecular complexity index is 804. The van der Waals surface area contributed by atoms with Gasteiger partial charge in [0.25, 0.3) is 0 Å². The van der Waals surface area contributed by atoms with Gasteiger partial charge in [0.15, 0.2) is 11.5 Å². The van der Waals surface area contributed by atoms with Crippen LogP contribution in [0.3, 0.4) is 0 Å². The summed E-state index contributed by atoms with van der Waals surface area (Å²) >= 11 is 1.59. The monoisotopic (exact) mass is 434 g/mol. The molecular weight excluding hydrogens is 404 g/mol. The number of aryl methyl sites for hydroxylation is 1. The number of benzene rings is 1. The molecule has 8 heteroatoms. The number of carbonyl (C=O) groups is 3. The van der Waals surface area contributed by atoms with Crippen LogP contribution in [0.1, 0.15) is 37.7 Å². The molecule has 3 rings (SSSR count). The van der Waals surface area contributed by atoms with Crippen LogP contribution in [0.15, 0.2) is 12.1 Å². The van der Waals surface area contributed by atoms with Gasteiger partial charge in [0, 0.05) is 11.8 Å². The molecule has 30 heavy (non-hydrogen) atoms. The fourth-order valence-corrected chi connectivity index (χ4v) is 4.89. The highest BCUT2D eigenvalue weighted by molar-refractivity contribution is 7.98. The average Bonchev–Trinajstić information content (AvgIpc) is 3.00. The molecule has 0 aromatic heterocycles. The van der Waals surface area contributed by atoms with Crippen LogP contribution in [0.2, 0.25) is 0 Å². The van der Waals surface area contributed by atoms with Gasteiger partial charge in [-0.15, -0.1) is 0 Å². The molecule has 1 aromatic carbocycles. The molecule has 3 amide bonds. The Kier molecular flexibility index (Phi) is 7.28. The first-order valence-corrected chi connectivity index (χ1v) is 11.7. The number of rotatable bonds is 8. The van der Waals surface area contributed by atoms with E-state index in [0.717, 1.165) is 31.2 Å². The second-order valence-electron chi connectivity index (χ2n) is 7.85. The van der Waals surface area contributed by atoms with Crippen molar-refractivity contribution in [1.82, 2.24) is 4.90 Å². The number of nitrogens with zero attached hydrogens (tertiary/aromatic N) is 1. The summed E-state index contributed by atoms with van der Waals surface area (Å²) < 4.78 is 10.6. The van der Waals surface area contributed by atoms with Crippen molar-refractivity contribution in [3.8, 4) is 11.5 Å². The van der Waals surface area contributed by atoms with Gasteiger partial charge in [-0.3, -0.25) is 19.3 Å². The Morgan fingerprint density at radius 3 is 2.23 bits per heavy atom. The van der Waals surface area contributed by atoms with Gasteiger partial charge in [-0.25, -0.2) is 0 Å². The third-order valence-corrected chi connectivity index (χ3v) is 6.72. The van der Waals surface area contributed by atoms with Crippen molar-refractivity contribution in [2.75, 3.05) is 31.5 Å². The number of methoxy groups -OCH3 is 2. The predicted octanol–water partition coefficient (Wildman–Crippen LogP) is 3.25. The van der Waals surface area contributed by atoms with Crippen LogP contribution in [0.4, 0.5) is 5.69 Å². The number of hydrogen-bond donors (Lipinski definition) is 1. The number of amides is 3. The third kappa shape index (κ3) is 4.29. The van der Waals surface area contributed by atoms with Gasteiger partial charge in [-0.2, -0.15) is 11.8 Å². The highest BCUT2D eigenvalue weighted by Crippen LogP contribution is 2.40. The SMILES string of the molecule is COc1cc(C)c(NC(=O)C(CCSC)N2C(=O)C3CCCCC3C2=O)cc1OC. The number of anilines is 1. The lowest BCUT2D eigenvalue weighted by Gasteiger charge is -2.26. The molecule has 0 spiro atoms. The first-order valence-electron chi connectivity index (χ1n) is 10.3. The number of carbonyl (C=O) groups excluding carboxylic acids is 3. The van der Waals surface area contributed by atoms with Crippen molar-refractivity contribution in [1.29, 1.82) is 0 Å². The number of imide groups is 1. The van der Waals surface area contributed by atoms with Crippen LogP contribution in [-0.4, -0.2) is 54.9 Å². The van der Waals surface area contributed by atoms with E-state index in [0.29, 0.717) is 29.4 Å². The topological polar surface area (TPSA) is 84.9 Å². The number of likely N-dealkylation sites (tertiary alicyclic amines) is 1. The smallest absolute Gasteiger partial charge is 0.247 e. The average molecular weight is 435 g/mol. The molecule has 0 bridgehead atoms. The minimum absolute atomic E-state index is 0.185. The summed E-state index contributed by atoms with van der Waals surface area (Å²) in [6, 6.07) is 2.67. The summed E-state index contributed by atoms with van der Waals surface area (Å²) in [5.74, 6) is 0.497. The molecule has 164 valence electrons. The zero-order chi connectivity index (χ0) is 21.8. The molecule has 1 N–H and O–H groups in total. The van der Waals surface area contributed by atoms with E-state index in [2.05, 4.69) is 5.32 Å². The van der Waals surface area contributed by atoms with Crippen LogP contribution in [0.25, 0.3) is 0 Å². The fourth-order valence-electron chi connectivity index (χ4n) is 4.43. The summed E-state index contributed by atoms with van der Waals surface area (Å²) in [6.07, 6.45) is 5.76. The highest BCUT2D eigenvalue weighted by atomic mass is 32.2. The van der Waals surface area contributed by atoms with E-state index in [1.54, 1.807) is 31.0 Å². The Balaban J connectivity index is 1.86. The van der Waals surface area contributed by atoms with Crippen molar-refractivity contribution in [2.24, 2.45) is 11.8 Å². The Morgan fingerprint density at radius 2 is 1.70 bits per heavy atom. The molecule has 1 saturated heterocycles. The first-order chi connectivity index (χ1) is 14.4. The third-order valence-electron chi connectivity index (χ3n) is 6.07. The van der Waals surface area contributed by atoms with E-state index < -0.39 is 6.04 Å². The maximum absolute atomic E-state index is 13.3. The fraction of sp³-hybridized carbons (Fsp3) is 0.591. The number of nitrogens with one attached hydrogen (secondary N) is 1. The van der Waals surface area contributed by atoms with Gasteiger partial charge in [0.1, 0.15) is 6.04 Å². The molecule has 1 saturated carbocycles. The second kappa shape index (κ2) is 9.73. The first kappa shape index (κ1) is 22.5. The van der Waals surface area contributed by atoms with Gasteiger partial charge < -0.3 is 14.8 Å². The van der Waals surface area contributed by atoms with Gasteiger partial charge in [-0.05, 0) is 49.8 Å². The van der Waals surface area contributed by atoms with E-state index in [1.807, 2.05) is 13.2 Å². The van der Waals surface area contributed by atoms with Crippen LogP contribution in [0.5, 0.6) is 11.5 Å². The molecule has 1 aliphatic heterocycles. The molecule has 1 aliphatic carbocycles. The number of thioether (sulfide) groups is 1. The normalized spacial score (nSPS) is 21.9. The summed E-state index contributed by atoms with van der Waals surface area (Å²) in [5.41, 5.74) is 1.38. The van der Waals surface area contributed by atoms with Crippen molar-refractivity contribution in [2.45, 2.75) is 45.1 Å². The molecule has 3 unspecified atom stereocenters. The molecule has 0 radical (unpaired) electrons. The lowest BCUT2D eigenvalue weighted by molar-refractivity contribution is -0.146. The summed E-state index contributed by atoms with van der Waals surface area (Å²) in [5, 5.41) is 2.91. The Labute approximate surface area is 181 Å². The lowest BCUT2D eigenvalue weighted by Crippen LogP contribution is -2.48. The molecule has 3 atom stereocenters. The molecular formula is C22H30N2O5S. The van der Waals surface area contributed by atoms with Gasteiger partial charge in [0.2, 0.25) is 17.7 Å². The predicted molar refractivity (Wildman–Crippen MR) is 117 cm³/mol. The minimum Gasteiger partial charge on any atom is -0.493 e. The van der Waals surface area contributed by atoms with Gasteiger partial charge in [0.05, 0.1) is 26.1 Å². The largest absolute Gasteiger partial charge is 0.493 e. The zero-order valence-electron chi connectivity index (χ0n) is 18.0. The van der Waals surface area contributed by atoms with Gasteiger partial charge in [-0.1, -0.05) is 12.8 Å². The van der Waals surface area contributed by atoms with Crippen LogP contribution < -0.4 is 14.8 Å². The maximum Gasteiger partial charge on any atom is 0.247 e. The van der Waals surface area contributed by atoms with E-state index in [9.17, 15) is 14.4 Å². The van der Waals surface area contributed by atoms with E-state index >= 15 is 0 Å². The molecule has 7 nitrogen and oxygen atoms in total. The standard InChI is InChI=1S/C22H30N2O5S/c1-13-11-18(28-2)19(29-3)12-16(13)23-20(25)17(9-10-30-4)24-21(26)14-7-5-6-8-15(14)22(24)27/h11-12,14-15,17H,5-10H2,1-4H3,(H,23,25). The van der Waals surface area contributed by atoms with Crippen molar-refractivity contribution >= 4 is 35.2 Å². The zero-order valence-corrected chi connectivity index (χ0v) is 18.8. The molecule has 1 aromatic rings. The lowest BCUT2D eigenvalue weighted by atomic mass is 9.81. The van der Waals surface area contributed by atoms with E-state index in [1.165, 1.54) is 12.0 Å². The number of ether oxygens (including phenoxy) is 2. The van der Waals surface area contributed by atoms with E-state index in [4.69, 9.17) is 9.47 Å². The maximum atomic E-state index is 13.3.